The number of benzene rings is 2. The number of nitrogens with zero attached hydrogens (tertiary/aromatic N) is 2. The number of carbonyl (C=O) groups is 1. The van der Waals surface area contributed by atoms with Crippen LogP contribution in [0.25, 0.3) is 10.2 Å². The van der Waals surface area contributed by atoms with Gasteiger partial charge in [-0.2, -0.15) is 0 Å². The lowest BCUT2D eigenvalue weighted by Gasteiger charge is -2.30. The molecule has 1 atom stereocenters. The van der Waals surface area contributed by atoms with Gasteiger partial charge in [-0.25, -0.2) is 8.42 Å². The summed E-state index contributed by atoms with van der Waals surface area (Å²) >= 11 is 13.1. The van der Waals surface area contributed by atoms with Crippen LogP contribution in [0, 0.1) is 0 Å². The van der Waals surface area contributed by atoms with E-state index in [-0.39, 0.29) is 27.0 Å². The maximum atomic E-state index is 13.0. The maximum absolute atomic E-state index is 13.0. The third-order valence-corrected chi connectivity index (χ3v) is 7.46. The number of hydrogen-bond donors (Lipinski definition) is 1. The van der Waals surface area contributed by atoms with Crippen molar-refractivity contribution >= 4 is 72.1 Å². The number of halogens is 2. The van der Waals surface area contributed by atoms with Gasteiger partial charge in [-0.1, -0.05) is 41.5 Å². The van der Waals surface area contributed by atoms with Crippen molar-refractivity contribution in [2.75, 3.05) is 15.9 Å². The Hall–Kier alpha value is -2.07. The highest BCUT2D eigenvalue weighted by atomic mass is 35.5. The van der Waals surface area contributed by atoms with Crippen LogP contribution in [0.2, 0.25) is 10.0 Å². The lowest BCUT2D eigenvalue weighted by molar-refractivity contribution is -0.117. The molecule has 30 heavy (non-hydrogen) atoms. The highest BCUT2D eigenvalue weighted by Gasteiger charge is 2.32. The Labute approximate surface area is 187 Å². The molecule has 11 heteroatoms. The normalized spacial score (nSPS) is 12.7. The summed E-state index contributed by atoms with van der Waals surface area (Å²) in [5, 5.41) is 3.22. The van der Waals surface area contributed by atoms with Crippen LogP contribution in [0.4, 0.5) is 11.4 Å². The summed E-state index contributed by atoms with van der Waals surface area (Å²) in [6, 6.07) is 8.47. The Morgan fingerprint density at radius 2 is 1.90 bits per heavy atom. The molecule has 0 aliphatic heterocycles. The summed E-state index contributed by atoms with van der Waals surface area (Å²) in [5.41, 5.74) is 1.46. The predicted octanol–water partition coefficient (Wildman–Crippen LogP) is 4.09. The Bertz CT molecular complexity index is 1280. The van der Waals surface area contributed by atoms with Gasteiger partial charge in [0.05, 0.1) is 32.2 Å². The Balaban J connectivity index is 1.96. The Morgan fingerprint density at radius 1 is 1.20 bits per heavy atom. The number of thiazole rings is 1. The first-order valence-corrected chi connectivity index (χ1v) is 12.3. The van der Waals surface area contributed by atoms with E-state index in [0.717, 1.165) is 32.1 Å². The van der Waals surface area contributed by atoms with Crippen molar-refractivity contribution < 1.29 is 13.2 Å². The number of rotatable bonds is 6. The van der Waals surface area contributed by atoms with Gasteiger partial charge >= 0.3 is 4.87 Å². The van der Waals surface area contributed by atoms with Gasteiger partial charge in [-0.3, -0.25) is 13.9 Å². The minimum absolute atomic E-state index is 0.109. The molecule has 0 spiro atoms. The lowest BCUT2D eigenvalue weighted by atomic mass is 10.1. The average molecular weight is 488 g/mol. The third kappa shape index (κ3) is 4.49. The molecule has 0 bridgehead atoms. The number of aryl methyl sites for hydroxylation is 1. The Kier molecular flexibility index (Phi) is 6.47. The molecule has 3 rings (SSSR count). The zero-order chi connectivity index (χ0) is 22.2. The summed E-state index contributed by atoms with van der Waals surface area (Å²) in [6.45, 7) is 1.71. The minimum Gasteiger partial charge on any atom is -0.324 e. The molecule has 0 fully saturated rings. The van der Waals surface area contributed by atoms with Crippen molar-refractivity contribution in [3.63, 3.8) is 0 Å². The number of anilines is 2. The van der Waals surface area contributed by atoms with E-state index in [1.165, 1.54) is 22.8 Å². The SMILES string of the molecule is CCC(C(=O)Nc1ccc2c(c1)sc(=O)n2C)N(c1ccc(Cl)c(Cl)c1)S(C)(=O)=O. The standard InChI is InChI=1S/C19H19Cl2N3O4S2/c1-4-15(24(30(3,27)28)12-6-7-13(20)14(21)10-12)18(25)22-11-5-8-16-17(9-11)29-19(26)23(16)2/h5-10,15H,4H2,1-3H3,(H,22,25). The van der Waals surface area contributed by atoms with Crippen molar-refractivity contribution in [3.05, 3.63) is 56.1 Å². The predicted molar refractivity (Wildman–Crippen MR) is 124 cm³/mol. The van der Waals surface area contributed by atoms with Crippen molar-refractivity contribution in [1.29, 1.82) is 0 Å². The number of aromatic nitrogens is 1. The number of amides is 1. The first-order valence-electron chi connectivity index (χ1n) is 8.87. The number of nitrogens with one attached hydrogen (secondary N) is 1. The zero-order valence-corrected chi connectivity index (χ0v) is 19.5. The number of hydrogen-bond acceptors (Lipinski definition) is 5. The molecule has 3 aromatic rings. The van der Waals surface area contributed by atoms with E-state index in [9.17, 15) is 18.0 Å². The molecule has 1 unspecified atom stereocenters. The van der Waals surface area contributed by atoms with E-state index in [4.69, 9.17) is 23.2 Å². The molecule has 0 aliphatic carbocycles. The van der Waals surface area contributed by atoms with Gasteiger partial charge in [0.1, 0.15) is 6.04 Å². The Morgan fingerprint density at radius 3 is 2.50 bits per heavy atom. The number of sulfonamides is 1. The van der Waals surface area contributed by atoms with Crippen LogP contribution in [0.3, 0.4) is 0 Å². The van der Waals surface area contributed by atoms with Crippen molar-refractivity contribution in [1.82, 2.24) is 4.57 Å². The number of fused-ring (bicyclic) bond motifs is 1. The van der Waals surface area contributed by atoms with E-state index >= 15 is 0 Å². The van der Waals surface area contributed by atoms with Crippen molar-refractivity contribution in [3.8, 4) is 0 Å². The van der Waals surface area contributed by atoms with E-state index in [1.54, 1.807) is 32.2 Å². The van der Waals surface area contributed by atoms with Gasteiger partial charge in [0.2, 0.25) is 15.9 Å². The van der Waals surface area contributed by atoms with Gasteiger partial charge in [-0.05, 0) is 42.8 Å². The molecule has 1 heterocycles. The van der Waals surface area contributed by atoms with Crippen molar-refractivity contribution in [2.45, 2.75) is 19.4 Å². The van der Waals surface area contributed by atoms with Crippen LogP contribution in [0.1, 0.15) is 13.3 Å². The molecule has 160 valence electrons. The van der Waals surface area contributed by atoms with Gasteiger partial charge < -0.3 is 9.88 Å². The van der Waals surface area contributed by atoms with Crippen LogP contribution in [0.5, 0.6) is 0 Å². The second kappa shape index (κ2) is 8.58. The molecular formula is C19H19Cl2N3O4S2. The summed E-state index contributed by atoms with van der Waals surface area (Å²) in [7, 11) is -2.13. The third-order valence-electron chi connectivity index (χ3n) is 4.55. The van der Waals surface area contributed by atoms with E-state index in [2.05, 4.69) is 5.32 Å². The zero-order valence-electron chi connectivity index (χ0n) is 16.3. The van der Waals surface area contributed by atoms with Crippen LogP contribution in [0.15, 0.2) is 41.2 Å². The first-order chi connectivity index (χ1) is 14.0. The van der Waals surface area contributed by atoms with Crippen LogP contribution >= 0.6 is 34.5 Å². The summed E-state index contributed by atoms with van der Waals surface area (Å²) < 4.78 is 28.3. The summed E-state index contributed by atoms with van der Waals surface area (Å²) in [6.07, 6.45) is 1.25. The quantitative estimate of drug-likeness (QED) is 0.566. The van der Waals surface area contributed by atoms with Crippen molar-refractivity contribution in [2.24, 2.45) is 7.05 Å². The van der Waals surface area contributed by atoms with Crippen LogP contribution < -0.4 is 14.5 Å². The summed E-state index contributed by atoms with van der Waals surface area (Å²) in [5.74, 6) is -0.503. The topological polar surface area (TPSA) is 88.5 Å². The van der Waals surface area contributed by atoms with E-state index in [1.807, 2.05) is 0 Å². The molecule has 7 nitrogen and oxygen atoms in total. The molecular weight excluding hydrogens is 469 g/mol. The molecule has 0 saturated carbocycles. The highest BCUT2D eigenvalue weighted by Crippen LogP contribution is 2.31. The van der Waals surface area contributed by atoms with Gasteiger partial charge in [0.15, 0.2) is 0 Å². The fraction of sp³-hybridized carbons (Fsp3) is 0.263. The van der Waals surface area contributed by atoms with Crippen LogP contribution in [-0.2, 0) is 21.9 Å². The first kappa shape index (κ1) is 22.6. The average Bonchev–Trinajstić information content (AvgIpc) is 2.94. The van der Waals surface area contributed by atoms with Crippen LogP contribution in [-0.4, -0.2) is 31.2 Å². The molecule has 0 aliphatic rings. The maximum Gasteiger partial charge on any atom is 0.307 e. The second-order valence-corrected chi connectivity index (χ2v) is 10.3. The smallest absolute Gasteiger partial charge is 0.307 e. The second-order valence-electron chi connectivity index (χ2n) is 6.68. The van der Waals surface area contributed by atoms with Gasteiger partial charge in [0, 0.05) is 12.7 Å². The molecule has 1 amide bonds. The van der Waals surface area contributed by atoms with Gasteiger partial charge in [-0.15, -0.1) is 0 Å². The fourth-order valence-corrected chi connectivity index (χ4v) is 5.53. The summed E-state index contributed by atoms with van der Waals surface area (Å²) in [4.78, 5) is 24.8. The minimum atomic E-state index is -3.80. The fourth-order valence-electron chi connectivity index (χ4n) is 3.12. The van der Waals surface area contributed by atoms with Gasteiger partial charge in [0.25, 0.3) is 0 Å². The molecule has 0 saturated heterocycles. The van der Waals surface area contributed by atoms with E-state index in [0.29, 0.717) is 5.69 Å². The van der Waals surface area contributed by atoms with E-state index < -0.39 is 22.0 Å². The highest BCUT2D eigenvalue weighted by molar-refractivity contribution is 7.92. The lowest BCUT2D eigenvalue weighted by Crippen LogP contribution is -2.47. The molecule has 2 aromatic carbocycles. The molecule has 1 N–H and O–H groups in total. The molecule has 0 radical (unpaired) electrons. The largest absolute Gasteiger partial charge is 0.324 e. The molecule has 1 aromatic heterocycles. The monoisotopic (exact) mass is 487 g/mol. The number of carbonyl (C=O) groups excluding carboxylic acids is 1.